The van der Waals surface area contributed by atoms with E-state index in [4.69, 9.17) is 4.52 Å². The summed E-state index contributed by atoms with van der Waals surface area (Å²) in [6.45, 7) is 7.73. The van der Waals surface area contributed by atoms with E-state index in [9.17, 15) is 0 Å². The number of aryl methyl sites for hydroxylation is 1. The lowest BCUT2D eigenvalue weighted by atomic mass is 10.2. The third-order valence-electron chi connectivity index (χ3n) is 3.61. The molecule has 7 nitrogen and oxygen atoms in total. The lowest BCUT2D eigenvalue weighted by Gasteiger charge is -2.23. The molecule has 112 valence electrons. The molecular formula is C13H24N6O. The minimum absolute atomic E-state index is 0.489. The Morgan fingerprint density at radius 1 is 1.50 bits per heavy atom. The maximum Gasteiger partial charge on any atom is 0.246 e. The van der Waals surface area contributed by atoms with Gasteiger partial charge in [-0.1, -0.05) is 12.1 Å². The summed E-state index contributed by atoms with van der Waals surface area (Å²) in [4.78, 5) is 10.9. The number of likely N-dealkylation sites (tertiary alicyclic amines) is 1. The van der Waals surface area contributed by atoms with Crippen LogP contribution in [0.15, 0.2) is 9.52 Å². The fraction of sp³-hybridized carbons (Fsp3) is 0.769. The first-order valence-corrected chi connectivity index (χ1v) is 7.20. The summed E-state index contributed by atoms with van der Waals surface area (Å²) in [6.07, 6.45) is 2.54. The van der Waals surface area contributed by atoms with Gasteiger partial charge in [-0.15, -0.1) is 0 Å². The van der Waals surface area contributed by atoms with Crippen molar-refractivity contribution in [2.75, 3.05) is 26.7 Å². The number of guanidine groups is 1. The van der Waals surface area contributed by atoms with Gasteiger partial charge in [-0.25, -0.2) is 0 Å². The van der Waals surface area contributed by atoms with Gasteiger partial charge in [0.1, 0.15) is 0 Å². The molecule has 1 fully saturated rings. The van der Waals surface area contributed by atoms with Crippen LogP contribution in [-0.2, 0) is 6.54 Å². The van der Waals surface area contributed by atoms with Crippen molar-refractivity contribution in [1.82, 2.24) is 25.7 Å². The van der Waals surface area contributed by atoms with Crippen molar-refractivity contribution in [2.24, 2.45) is 4.99 Å². The van der Waals surface area contributed by atoms with E-state index in [1.165, 1.54) is 19.4 Å². The quantitative estimate of drug-likeness (QED) is 0.605. The number of hydrogen-bond acceptors (Lipinski definition) is 5. The molecule has 0 aromatic carbocycles. The highest BCUT2D eigenvalue weighted by atomic mass is 16.5. The number of nitrogens with zero attached hydrogens (tertiary/aromatic N) is 4. The van der Waals surface area contributed by atoms with Crippen molar-refractivity contribution in [2.45, 2.75) is 39.3 Å². The van der Waals surface area contributed by atoms with Crippen LogP contribution >= 0.6 is 0 Å². The van der Waals surface area contributed by atoms with Crippen LogP contribution < -0.4 is 10.6 Å². The third-order valence-corrected chi connectivity index (χ3v) is 3.61. The van der Waals surface area contributed by atoms with Gasteiger partial charge in [0, 0.05) is 19.6 Å². The predicted octanol–water partition coefficient (Wildman–Crippen LogP) is 0.527. The normalized spacial score (nSPS) is 20.4. The van der Waals surface area contributed by atoms with Gasteiger partial charge in [-0.3, -0.25) is 9.89 Å². The first kappa shape index (κ1) is 14.8. The van der Waals surface area contributed by atoms with E-state index in [0.29, 0.717) is 24.3 Å². The topological polar surface area (TPSA) is 78.6 Å². The van der Waals surface area contributed by atoms with Crippen molar-refractivity contribution in [3.8, 4) is 0 Å². The van der Waals surface area contributed by atoms with Crippen LogP contribution in [0.4, 0.5) is 0 Å². The zero-order valence-corrected chi connectivity index (χ0v) is 12.5. The molecule has 0 saturated carbocycles. The van der Waals surface area contributed by atoms with Crippen LogP contribution in [0.1, 0.15) is 31.5 Å². The van der Waals surface area contributed by atoms with Crippen LogP contribution in [0.25, 0.3) is 0 Å². The SMILES string of the molecule is CCN1CCCC1CNC(=NC)NCc1nc(C)no1. The third kappa shape index (κ3) is 3.93. The first-order chi connectivity index (χ1) is 9.72. The zero-order valence-electron chi connectivity index (χ0n) is 12.5. The molecule has 1 aromatic heterocycles. The highest BCUT2D eigenvalue weighted by Crippen LogP contribution is 2.15. The molecule has 0 amide bonds. The average Bonchev–Trinajstić information content (AvgIpc) is 3.07. The van der Waals surface area contributed by atoms with Crippen LogP contribution in [0.3, 0.4) is 0 Å². The lowest BCUT2D eigenvalue weighted by Crippen LogP contribution is -2.44. The second-order valence-electron chi connectivity index (χ2n) is 4.97. The zero-order chi connectivity index (χ0) is 14.4. The molecule has 1 aromatic rings. The Balaban J connectivity index is 1.75. The molecule has 0 aliphatic carbocycles. The molecule has 2 N–H and O–H groups in total. The van der Waals surface area contributed by atoms with E-state index in [1.807, 2.05) is 0 Å². The molecule has 20 heavy (non-hydrogen) atoms. The number of rotatable bonds is 5. The standard InChI is InChI=1S/C13H24N6O/c1-4-19-7-5-6-11(19)8-15-13(14-3)16-9-12-17-10(2)18-20-12/h11H,4-9H2,1-3H3,(H2,14,15,16). The highest BCUT2D eigenvalue weighted by Gasteiger charge is 2.22. The Hall–Kier alpha value is -1.63. The number of hydrogen-bond donors (Lipinski definition) is 2. The Labute approximate surface area is 119 Å². The molecule has 2 rings (SSSR count). The van der Waals surface area contributed by atoms with Crippen molar-refractivity contribution in [1.29, 1.82) is 0 Å². The summed E-state index contributed by atoms with van der Waals surface area (Å²) in [5.74, 6) is 1.99. The molecule has 1 aliphatic heterocycles. The van der Waals surface area contributed by atoms with Crippen LogP contribution in [0.2, 0.25) is 0 Å². The predicted molar refractivity (Wildman–Crippen MR) is 77.5 cm³/mol. The summed E-state index contributed by atoms with van der Waals surface area (Å²) in [5, 5.41) is 10.3. The minimum Gasteiger partial charge on any atom is -0.355 e. The van der Waals surface area contributed by atoms with Crippen LogP contribution in [0.5, 0.6) is 0 Å². The Morgan fingerprint density at radius 3 is 3.00 bits per heavy atom. The maximum absolute atomic E-state index is 5.06. The molecule has 1 atom stereocenters. The molecule has 2 heterocycles. The molecule has 0 spiro atoms. The summed E-state index contributed by atoms with van der Waals surface area (Å²) in [6, 6.07) is 0.601. The molecule has 1 unspecified atom stereocenters. The van der Waals surface area contributed by atoms with Gasteiger partial charge in [-0.2, -0.15) is 4.98 Å². The Morgan fingerprint density at radius 2 is 2.35 bits per heavy atom. The molecule has 0 bridgehead atoms. The second kappa shape index (κ2) is 7.23. The van der Waals surface area contributed by atoms with E-state index in [2.05, 4.69) is 37.6 Å². The van der Waals surface area contributed by atoms with Crippen LogP contribution in [0, 0.1) is 6.92 Å². The number of aromatic nitrogens is 2. The summed E-state index contributed by atoms with van der Waals surface area (Å²) in [7, 11) is 1.76. The van der Waals surface area contributed by atoms with Gasteiger partial charge < -0.3 is 15.2 Å². The molecule has 0 radical (unpaired) electrons. The average molecular weight is 280 g/mol. The molecular weight excluding hydrogens is 256 g/mol. The fourth-order valence-corrected chi connectivity index (χ4v) is 2.55. The molecule has 7 heteroatoms. The smallest absolute Gasteiger partial charge is 0.246 e. The monoisotopic (exact) mass is 280 g/mol. The summed E-state index contributed by atoms with van der Waals surface area (Å²) >= 11 is 0. The highest BCUT2D eigenvalue weighted by molar-refractivity contribution is 5.79. The Kier molecular flexibility index (Phi) is 5.34. The van der Waals surface area contributed by atoms with Gasteiger partial charge >= 0.3 is 0 Å². The van der Waals surface area contributed by atoms with Crippen molar-refractivity contribution >= 4 is 5.96 Å². The van der Waals surface area contributed by atoms with Gasteiger partial charge in [0.25, 0.3) is 0 Å². The van der Waals surface area contributed by atoms with E-state index in [-0.39, 0.29) is 0 Å². The fourth-order valence-electron chi connectivity index (χ4n) is 2.55. The van der Waals surface area contributed by atoms with Crippen molar-refractivity contribution in [3.05, 3.63) is 11.7 Å². The first-order valence-electron chi connectivity index (χ1n) is 7.20. The summed E-state index contributed by atoms with van der Waals surface area (Å²) < 4.78 is 5.06. The number of nitrogens with one attached hydrogen (secondary N) is 2. The number of aliphatic imine (C=N–C) groups is 1. The van der Waals surface area contributed by atoms with E-state index in [0.717, 1.165) is 19.0 Å². The van der Waals surface area contributed by atoms with Gasteiger partial charge in [0.2, 0.25) is 5.89 Å². The Bertz CT molecular complexity index is 444. The van der Waals surface area contributed by atoms with Crippen molar-refractivity contribution in [3.63, 3.8) is 0 Å². The van der Waals surface area contributed by atoms with E-state index >= 15 is 0 Å². The molecule has 1 aliphatic rings. The maximum atomic E-state index is 5.06. The number of likely N-dealkylation sites (N-methyl/N-ethyl adjacent to an activating group) is 1. The van der Waals surface area contributed by atoms with Crippen LogP contribution in [-0.4, -0.2) is 53.7 Å². The van der Waals surface area contributed by atoms with Gasteiger partial charge in [0.15, 0.2) is 11.8 Å². The van der Waals surface area contributed by atoms with E-state index < -0.39 is 0 Å². The second-order valence-corrected chi connectivity index (χ2v) is 4.97. The van der Waals surface area contributed by atoms with Gasteiger partial charge in [0.05, 0.1) is 6.54 Å². The van der Waals surface area contributed by atoms with Crippen molar-refractivity contribution < 1.29 is 4.52 Å². The van der Waals surface area contributed by atoms with E-state index in [1.54, 1.807) is 14.0 Å². The minimum atomic E-state index is 0.489. The molecule has 1 saturated heterocycles. The lowest BCUT2D eigenvalue weighted by molar-refractivity contribution is 0.267. The van der Waals surface area contributed by atoms with Gasteiger partial charge in [-0.05, 0) is 32.9 Å². The summed E-state index contributed by atoms with van der Waals surface area (Å²) in [5.41, 5.74) is 0. The largest absolute Gasteiger partial charge is 0.355 e.